The van der Waals surface area contributed by atoms with E-state index in [1.54, 1.807) is 18.0 Å². The smallest absolute Gasteiger partial charge is 0.258 e. The third-order valence-corrected chi connectivity index (χ3v) is 9.73. The average Bonchev–Trinajstić information content (AvgIpc) is 3.42. The van der Waals surface area contributed by atoms with Gasteiger partial charge in [-0.15, -0.1) is 0 Å². The summed E-state index contributed by atoms with van der Waals surface area (Å²) in [7, 11) is 3.88. The highest BCUT2D eigenvalue weighted by Crippen LogP contribution is 2.38. The fraction of sp³-hybridized carbons (Fsp3) is 0.395. The monoisotopic (exact) mass is 652 g/mol. The molecule has 0 unspecified atom stereocenters. The maximum Gasteiger partial charge on any atom is 0.258 e. The van der Waals surface area contributed by atoms with Gasteiger partial charge in [0, 0.05) is 63.1 Å². The number of likely N-dealkylation sites (N-methyl/N-ethyl adjacent to an activating group) is 2. The minimum absolute atomic E-state index is 0.0252. The van der Waals surface area contributed by atoms with Gasteiger partial charge in [-0.25, -0.2) is 4.39 Å². The van der Waals surface area contributed by atoms with Crippen molar-refractivity contribution in [2.24, 2.45) is 5.92 Å². The van der Waals surface area contributed by atoms with Crippen LogP contribution in [-0.4, -0.2) is 74.3 Å². The van der Waals surface area contributed by atoms with Gasteiger partial charge < -0.3 is 25.8 Å². The van der Waals surface area contributed by atoms with E-state index >= 15 is 0 Å². The van der Waals surface area contributed by atoms with Gasteiger partial charge in [0.15, 0.2) is 0 Å². The molecule has 0 radical (unpaired) electrons. The van der Waals surface area contributed by atoms with E-state index in [2.05, 4.69) is 32.8 Å². The van der Waals surface area contributed by atoms with Crippen LogP contribution in [0.5, 0.6) is 0 Å². The van der Waals surface area contributed by atoms with E-state index in [0.717, 1.165) is 61.5 Å². The van der Waals surface area contributed by atoms with E-state index in [4.69, 9.17) is 0 Å². The van der Waals surface area contributed by atoms with E-state index in [1.807, 2.05) is 48.5 Å². The summed E-state index contributed by atoms with van der Waals surface area (Å²) in [5.41, 5.74) is 5.09. The first-order chi connectivity index (χ1) is 23.2. The maximum absolute atomic E-state index is 14.1. The molecule has 2 heterocycles. The molecular weight excluding hydrogens is 607 g/mol. The molecule has 3 amide bonds. The van der Waals surface area contributed by atoms with E-state index in [1.165, 1.54) is 31.4 Å². The van der Waals surface area contributed by atoms with Crippen LogP contribution in [0.4, 0.5) is 21.5 Å². The Morgan fingerprint density at radius 1 is 0.958 bits per heavy atom. The number of hydrogen-bond acceptors (Lipinski definition) is 6. The number of hydrogen-bond donors (Lipinski definition) is 3. The van der Waals surface area contributed by atoms with Crippen molar-refractivity contribution in [1.29, 1.82) is 0 Å². The molecule has 0 bridgehead atoms. The highest BCUT2D eigenvalue weighted by molar-refractivity contribution is 6.37. The van der Waals surface area contributed by atoms with Crippen LogP contribution in [0.15, 0.2) is 66.7 Å². The standard InChI is InChI=1S/C38H45FN6O3/c1-43-17-19-45(20-18-43)25-35(47)44(2)31-14-12-30(13-15-31)41-37(36-32-16-11-29(39)23-33(32)42-38(36)48)28-10-6-9-27(21-28)24-40-34(46)22-26-7-4-3-5-8-26/h6,9-16,21,23,26,41H,3-5,7-8,17-20,22,24-25H2,1-2H3,(H,40,46)(H,42,48)/b37-36-. The zero-order chi connectivity index (χ0) is 33.6. The van der Waals surface area contributed by atoms with Crippen LogP contribution >= 0.6 is 0 Å². The van der Waals surface area contributed by atoms with Crippen LogP contribution in [0.25, 0.3) is 11.3 Å². The number of fused-ring (bicyclic) bond motifs is 1. The SMILES string of the molecule is CN1CCN(CC(=O)N(C)c2ccc(N/C(=C3\C(=O)Nc4cc(F)ccc43)c3cccc(CNC(=O)CC4CCCCC4)c3)cc2)CC1. The number of rotatable bonds is 10. The molecule has 3 aromatic carbocycles. The minimum Gasteiger partial charge on any atom is -0.354 e. The summed E-state index contributed by atoms with van der Waals surface area (Å²) in [6.45, 7) is 4.38. The Morgan fingerprint density at radius 2 is 1.71 bits per heavy atom. The zero-order valence-electron chi connectivity index (χ0n) is 27.9. The number of carbonyl (C=O) groups excluding carboxylic acids is 3. The van der Waals surface area contributed by atoms with Crippen molar-refractivity contribution in [3.05, 3.63) is 89.2 Å². The van der Waals surface area contributed by atoms with Crippen molar-refractivity contribution in [3.63, 3.8) is 0 Å². The van der Waals surface area contributed by atoms with Crippen molar-refractivity contribution in [2.45, 2.75) is 45.1 Å². The third-order valence-electron chi connectivity index (χ3n) is 9.73. The molecule has 6 rings (SSSR count). The molecule has 252 valence electrons. The van der Waals surface area contributed by atoms with Crippen LogP contribution in [0, 0.1) is 11.7 Å². The first-order valence-electron chi connectivity index (χ1n) is 17.0. The molecular formula is C38H45FN6O3. The molecule has 48 heavy (non-hydrogen) atoms. The molecule has 1 saturated carbocycles. The van der Waals surface area contributed by atoms with E-state index < -0.39 is 5.82 Å². The number of piperazine rings is 1. The zero-order valence-corrected chi connectivity index (χ0v) is 27.9. The first-order valence-corrected chi connectivity index (χ1v) is 17.0. The molecule has 0 aromatic heterocycles. The van der Waals surface area contributed by atoms with Gasteiger partial charge in [-0.2, -0.15) is 0 Å². The normalized spacial score (nSPS) is 18.2. The van der Waals surface area contributed by atoms with Crippen LogP contribution in [-0.2, 0) is 20.9 Å². The largest absolute Gasteiger partial charge is 0.354 e. The van der Waals surface area contributed by atoms with Crippen LogP contribution in [0.1, 0.15) is 55.2 Å². The fourth-order valence-corrected chi connectivity index (χ4v) is 6.80. The number of carbonyl (C=O) groups is 3. The molecule has 2 aliphatic heterocycles. The lowest BCUT2D eigenvalue weighted by atomic mass is 9.87. The van der Waals surface area contributed by atoms with Gasteiger partial charge in [0.25, 0.3) is 5.91 Å². The van der Waals surface area contributed by atoms with Gasteiger partial charge in [0.2, 0.25) is 11.8 Å². The number of nitrogens with one attached hydrogen (secondary N) is 3. The topological polar surface area (TPSA) is 97.0 Å². The fourth-order valence-electron chi connectivity index (χ4n) is 6.80. The summed E-state index contributed by atoms with van der Waals surface area (Å²) in [4.78, 5) is 45.3. The summed E-state index contributed by atoms with van der Waals surface area (Å²) in [5.74, 6) is -0.232. The highest BCUT2D eigenvalue weighted by atomic mass is 19.1. The molecule has 3 aliphatic rings. The number of nitrogens with zero attached hydrogens (tertiary/aromatic N) is 3. The Balaban J connectivity index is 1.22. The lowest BCUT2D eigenvalue weighted by molar-refractivity contribution is -0.122. The minimum atomic E-state index is -0.433. The van der Waals surface area contributed by atoms with E-state index in [9.17, 15) is 18.8 Å². The Hall–Kier alpha value is -4.54. The summed E-state index contributed by atoms with van der Waals surface area (Å²) in [5, 5.41) is 9.34. The van der Waals surface area contributed by atoms with Gasteiger partial charge in [0.1, 0.15) is 5.82 Å². The molecule has 2 fully saturated rings. The lowest BCUT2D eigenvalue weighted by Crippen LogP contribution is -2.48. The maximum atomic E-state index is 14.1. The predicted octanol–water partition coefficient (Wildman–Crippen LogP) is 5.56. The van der Waals surface area contributed by atoms with Gasteiger partial charge in [-0.1, -0.05) is 37.5 Å². The second-order valence-electron chi connectivity index (χ2n) is 13.3. The Morgan fingerprint density at radius 3 is 2.46 bits per heavy atom. The summed E-state index contributed by atoms with van der Waals surface area (Å²) in [6.07, 6.45) is 6.43. The number of benzene rings is 3. The summed E-state index contributed by atoms with van der Waals surface area (Å²) in [6, 6.07) is 19.5. The molecule has 3 N–H and O–H groups in total. The Labute approximate surface area is 282 Å². The molecule has 10 heteroatoms. The van der Waals surface area contributed by atoms with Gasteiger partial charge in [-0.3, -0.25) is 19.3 Å². The van der Waals surface area contributed by atoms with E-state index in [-0.39, 0.29) is 17.7 Å². The van der Waals surface area contributed by atoms with Crippen LogP contribution < -0.4 is 20.9 Å². The molecule has 3 aromatic rings. The summed E-state index contributed by atoms with van der Waals surface area (Å²) >= 11 is 0. The number of halogens is 1. The van der Waals surface area contributed by atoms with E-state index in [0.29, 0.717) is 47.9 Å². The highest BCUT2D eigenvalue weighted by Gasteiger charge is 2.29. The molecule has 0 spiro atoms. The van der Waals surface area contributed by atoms with Gasteiger partial charge >= 0.3 is 0 Å². The predicted molar refractivity (Wildman–Crippen MR) is 189 cm³/mol. The Kier molecular flexibility index (Phi) is 10.5. The second kappa shape index (κ2) is 15.1. The van der Waals surface area contributed by atoms with Crippen molar-refractivity contribution in [3.8, 4) is 0 Å². The summed E-state index contributed by atoms with van der Waals surface area (Å²) < 4.78 is 14.1. The van der Waals surface area contributed by atoms with Crippen molar-refractivity contribution in [1.82, 2.24) is 15.1 Å². The van der Waals surface area contributed by atoms with Gasteiger partial charge in [-0.05, 0) is 85.5 Å². The second-order valence-corrected chi connectivity index (χ2v) is 13.3. The van der Waals surface area contributed by atoms with Crippen molar-refractivity contribution in [2.75, 3.05) is 62.4 Å². The quantitative estimate of drug-likeness (QED) is 0.249. The van der Waals surface area contributed by atoms with Crippen molar-refractivity contribution < 1.29 is 18.8 Å². The lowest BCUT2D eigenvalue weighted by Gasteiger charge is -2.32. The third kappa shape index (κ3) is 8.11. The molecule has 1 saturated heterocycles. The van der Waals surface area contributed by atoms with Crippen LogP contribution in [0.2, 0.25) is 0 Å². The number of anilines is 3. The van der Waals surface area contributed by atoms with Gasteiger partial charge in [0.05, 0.1) is 23.5 Å². The van der Waals surface area contributed by atoms with Crippen molar-refractivity contribution >= 4 is 46.1 Å². The Bertz CT molecular complexity index is 1680. The first kappa shape index (κ1) is 33.4. The molecule has 9 nitrogen and oxygen atoms in total. The van der Waals surface area contributed by atoms with Crippen LogP contribution in [0.3, 0.4) is 0 Å². The number of amides is 3. The molecule has 1 aliphatic carbocycles. The average molecular weight is 653 g/mol. The molecule has 0 atom stereocenters.